The first kappa shape index (κ1) is 20.9. The van der Waals surface area contributed by atoms with Crippen molar-refractivity contribution in [1.29, 1.82) is 0 Å². The van der Waals surface area contributed by atoms with Crippen LogP contribution in [0, 0.1) is 3.57 Å². The second-order valence-corrected chi connectivity index (χ2v) is 8.54. The maximum Gasteiger partial charge on any atom is 0.573 e. The van der Waals surface area contributed by atoms with Gasteiger partial charge in [-0.25, -0.2) is 9.97 Å². The number of fused-ring (bicyclic) bond motifs is 1. The van der Waals surface area contributed by atoms with Crippen LogP contribution in [-0.2, 0) is 6.42 Å². The molecule has 0 fully saturated rings. The summed E-state index contributed by atoms with van der Waals surface area (Å²) in [5, 5.41) is 2.64. The summed E-state index contributed by atoms with van der Waals surface area (Å²) in [4.78, 5) is 11.4. The van der Waals surface area contributed by atoms with E-state index in [4.69, 9.17) is 4.98 Å². The second kappa shape index (κ2) is 8.06. The molecule has 0 spiro atoms. The van der Waals surface area contributed by atoms with Gasteiger partial charge in [-0.3, -0.25) is 4.40 Å². The molecule has 30 heavy (non-hydrogen) atoms. The summed E-state index contributed by atoms with van der Waals surface area (Å²) in [6.07, 6.45) is -1.90. The van der Waals surface area contributed by atoms with Crippen LogP contribution in [0.5, 0.6) is 5.75 Å². The molecule has 0 atom stereocenters. The van der Waals surface area contributed by atoms with Crippen molar-refractivity contribution < 1.29 is 17.9 Å². The Kier molecular flexibility index (Phi) is 5.62. The lowest BCUT2D eigenvalue weighted by atomic mass is 10.2. The van der Waals surface area contributed by atoms with E-state index in [-0.39, 0.29) is 5.75 Å². The number of anilines is 2. The molecule has 4 rings (SSSR count). The molecule has 10 heteroatoms. The highest BCUT2D eigenvalue weighted by Gasteiger charge is 2.31. The molecule has 0 unspecified atom stereocenters. The molecule has 1 aromatic carbocycles. The van der Waals surface area contributed by atoms with Gasteiger partial charge in [-0.2, -0.15) is 0 Å². The van der Waals surface area contributed by atoms with Crippen LogP contribution in [0.3, 0.4) is 0 Å². The number of ether oxygens (including phenoxy) is 1. The second-order valence-electron chi connectivity index (χ2n) is 6.46. The molecule has 0 amide bonds. The lowest BCUT2D eigenvalue weighted by Gasteiger charge is -2.17. The third kappa shape index (κ3) is 4.24. The number of aryl methyl sites for hydroxylation is 1. The molecule has 0 aliphatic carbocycles. The topological polar surface area (TPSA) is 42.7 Å². The molecule has 0 radical (unpaired) electrons. The molecule has 3 heterocycles. The number of hydrogen-bond donors (Lipinski definition) is 0. The van der Waals surface area contributed by atoms with Gasteiger partial charge in [0.15, 0.2) is 5.13 Å². The van der Waals surface area contributed by atoms with Crippen molar-refractivity contribution in [2.45, 2.75) is 19.7 Å². The fourth-order valence-electron chi connectivity index (χ4n) is 3.12. The highest BCUT2D eigenvalue weighted by molar-refractivity contribution is 14.1. The van der Waals surface area contributed by atoms with Gasteiger partial charge in [0.05, 0.1) is 11.4 Å². The van der Waals surface area contributed by atoms with E-state index in [0.717, 1.165) is 32.3 Å². The van der Waals surface area contributed by atoms with Gasteiger partial charge >= 0.3 is 6.36 Å². The number of alkyl halides is 3. The summed E-state index contributed by atoms with van der Waals surface area (Å²) in [7, 11) is 1.94. The number of halogens is 4. The molecule has 0 N–H and O–H groups in total. The van der Waals surface area contributed by atoms with Gasteiger partial charge in [-0.15, -0.1) is 24.5 Å². The van der Waals surface area contributed by atoms with Crippen molar-refractivity contribution in [3.8, 4) is 17.0 Å². The third-order valence-electron chi connectivity index (χ3n) is 4.44. The minimum Gasteiger partial charge on any atom is -0.406 e. The number of imidazole rings is 1. The number of aromatic nitrogens is 3. The molecule has 4 aromatic rings. The smallest absolute Gasteiger partial charge is 0.406 e. The van der Waals surface area contributed by atoms with Crippen LogP contribution in [0.15, 0.2) is 48.0 Å². The van der Waals surface area contributed by atoms with Gasteiger partial charge in [-0.05, 0) is 65.4 Å². The van der Waals surface area contributed by atoms with Crippen molar-refractivity contribution in [3.63, 3.8) is 0 Å². The summed E-state index contributed by atoms with van der Waals surface area (Å²) in [5.41, 5.74) is 3.22. The zero-order valence-corrected chi connectivity index (χ0v) is 18.9. The summed E-state index contributed by atoms with van der Waals surface area (Å²) in [6, 6.07) is 9.69. The molecular weight excluding hydrogens is 528 g/mol. The van der Waals surface area contributed by atoms with Crippen LogP contribution < -0.4 is 9.64 Å². The van der Waals surface area contributed by atoms with E-state index in [1.807, 2.05) is 40.1 Å². The Morgan fingerprint density at radius 2 is 1.87 bits per heavy atom. The van der Waals surface area contributed by atoms with Crippen LogP contribution in [0.4, 0.5) is 24.1 Å². The van der Waals surface area contributed by atoms with Crippen molar-refractivity contribution in [2.75, 3.05) is 11.9 Å². The minimum atomic E-state index is -4.71. The van der Waals surface area contributed by atoms with Gasteiger partial charge in [0.2, 0.25) is 0 Å². The monoisotopic (exact) mass is 544 g/mol. The van der Waals surface area contributed by atoms with Gasteiger partial charge in [0, 0.05) is 27.8 Å². The molecule has 0 aliphatic heterocycles. The number of nitrogens with zero attached hydrogens (tertiary/aromatic N) is 4. The van der Waals surface area contributed by atoms with Crippen molar-refractivity contribution in [2.24, 2.45) is 0 Å². The molecule has 0 bridgehead atoms. The van der Waals surface area contributed by atoms with E-state index in [1.54, 1.807) is 12.1 Å². The maximum absolute atomic E-state index is 12.3. The Labute approximate surface area is 188 Å². The van der Waals surface area contributed by atoms with Crippen molar-refractivity contribution in [1.82, 2.24) is 14.4 Å². The summed E-state index contributed by atoms with van der Waals surface area (Å²) in [6.45, 7) is 2.06. The summed E-state index contributed by atoms with van der Waals surface area (Å²) >= 11 is 3.72. The van der Waals surface area contributed by atoms with E-state index in [0.29, 0.717) is 11.3 Å². The number of hydrogen-bond acceptors (Lipinski definition) is 5. The Hall–Kier alpha value is -2.34. The number of rotatable bonds is 5. The molecule has 5 nitrogen and oxygen atoms in total. The Bertz CT molecular complexity index is 1190. The largest absolute Gasteiger partial charge is 0.573 e. The standard InChI is InChI=1S/C20H16F3IN4OS/c1-3-15-18(28-10-13(24)6-9-17(28)25-15)27(2)19-26-16(11-30-19)12-4-7-14(8-5-12)29-20(21,22)23/h4-11H,3H2,1-2H3. The van der Waals surface area contributed by atoms with E-state index < -0.39 is 6.36 Å². The lowest BCUT2D eigenvalue weighted by molar-refractivity contribution is -0.274. The first-order valence-electron chi connectivity index (χ1n) is 8.97. The normalized spacial score (nSPS) is 11.8. The van der Waals surface area contributed by atoms with Crippen LogP contribution in [0.2, 0.25) is 0 Å². The van der Waals surface area contributed by atoms with Crippen LogP contribution >= 0.6 is 33.9 Å². The molecule has 3 aromatic heterocycles. The van der Waals surface area contributed by atoms with Gasteiger partial charge < -0.3 is 9.64 Å². The zero-order chi connectivity index (χ0) is 21.5. The average molecular weight is 544 g/mol. The van der Waals surface area contributed by atoms with Gasteiger partial charge in [0.25, 0.3) is 0 Å². The molecule has 0 aliphatic rings. The summed E-state index contributed by atoms with van der Waals surface area (Å²) in [5.74, 6) is 0.688. The summed E-state index contributed by atoms with van der Waals surface area (Å²) < 4.78 is 44.1. The van der Waals surface area contributed by atoms with Crippen LogP contribution in [0.25, 0.3) is 16.9 Å². The van der Waals surface area contributed by atoms with E-state index >= 15 is 0 Å². The van der Waals surface area contributed by atoms with E-state index in [9.17, 15) is 13.2 Å². The number of pyridine rings is 1. The maximum atomic E-state index is 12.3. The molecular formula is C20H16F3IN4OS. The lowest BCUT2D eigenvalue weighted by Crippen LogP contribution is -2.16. The molecule has 0 saturated carbocycles. The minimum absolute atomic E-state index is 0.258. The van der Waals surface area contributed by atoms with E-state index in [2.05, 4.69) is 39.2 Å². The van der Waals surface area contributed by atoms with Gasteiger partial charge in [-0.1, -0.05) is 6.92 Å². The number of benzene rings is 1. The van der Waals surface area contributed by atoms with Crippen LogP contribution in [-0.4, -0.2) is 27.8 Å². The predicted octanol–water partition coefficient (Wildman–Crippen LogP) is 6.29. The molecule has 156 valence electrons. The SMILES string of the molecule is CCc1nc2ccc(I)cn2c1N(C)c1nc(-c2ccc(OC(F)(F)F)cc2)cs1. The Balaban J connectivity index is 1.64. The van der Waals surface area contributed by atoms with Crippen LogP contribution in [0.1, 0.15) is 12.6 Å². The quantitative estimate of drug-likeness (QED) is 0.277. The highest BCUT2D eigenvalue weighted by atomic mass is 127. The average Bonchev–Trinajstić information content (AvgIpc) is 3.31. The van der Waals surface area contributed by atoms with E-state index in [1.165, 1.54) is 23.5 Å². The van der Waals surface area contributed by atoms with Crippen molar-refractivity contribution >= 4 is 50.5 Å². The Morgan fingerprint density at radius 1 is 1.13 bits per heavy atom. The number of thiazole rings is 1. The fourth-order valence-corrected chi connectivity index (χ4v) is 4.38. The fraction of sp³-hybridized carbons (Fsp3) is 0.200. The zero-order valence-electron chi connectivity index (χ0n) is 15.9. The predicted molar refractivity (Wildman–Crippen MR) is 120 cm³/mol. The Morgan fingerprint density at radius 3 is 2.53 bits per heavy atom. The third-order valence-corrected chi connectivity index (χ3v) is 6.00. The first-order valence-corrected chi connectivity index (χ1v) is 10.9. The first-order chi connectivity index (χ1) is 14.2. The molecule has 0 saturated heterocycles. The van der Waals surface area contributed by atoms with Crippen molar-refractivity contribution in [3.05, 3.63) is 57.2 Å². The van der Waals surface area contributed by atoms with Gasteiger partial charge in [0.1, 0.15) is 17.2 Å². The highest BCUT2D eigenvalue weighted by Crippen LogP contribution is 2.34.